The van der Waals surface area contributed by atoms with Crippen molar-refractivity contribution >= 4 is 40.6 Å². The van der Waals surface area contributed by atoms with Crippen molar-refractivity contribution < 1.29 is 48.0 Å². The summed E-state index contributed by atoms with van der Waals surface area (Å²) in [5.74, 6) is -5.29. The summed E-state index contributed by atoms with van der Waals surface area (Å²) < 4.78 is 31.6. The minimum absolute atomic E-state index is 0.0307. The molecule has 13 atom stereocenters. The molecule has 0 radical (unpaired) electrons. The number of esters is 1. The molecule has 2 aromatic rings. The van der Waals surface area contributed by atoms with Crippen molar-refractivity contribution in [2.24, 2.45) is 23.7 Å². The van der Waals surface area contributed by atoms with Crippen LogP contribution in [0.2, 0.25) is 0 Å². The molecule has 2 N–H and O–H groups in total. The number of fused-ring (bicyclic) bond motifs is 2. The molecular formula is C44H61N3O10. The molecule has 1 aromatic heterocycles. The zero-order valence-electron chi connectivity index (χ0n) is 34.8. The van der Waals surface area contributed by atoms with Crippen molar-refractivity contribution in [1.82, 2.24) is 15.2 Å². The molecule has 0 aliphatic carbocycles. The van der Waals surface area contributed by atoms with Crippen LogP contribution in [-0.4, -0.2) is 113 Å². The standard InChI is InChI=1S/C44H61N3O10/c1-11-16-31-36(49)28(6)39(56-41-37(50)33(47(9)10)21-26(4)54-41)43(7,53-20-15-17-29-22-30-18-13-14-19-32(30)45-24-29)23-25(3)35(48)27(5)38-44(8,57-42(52)46-38)34(12-2)55-40(31)51/h11,13-15,17-19,22,24-28,31,33-34,37-39,41,50H,1,12,16,20-21,23H2,2-10H3,(H,46,52)/b17-15+/t25-,26-,27-,28+,31?,33+,34+,37-,38-,39-,41+,43+,44-/m1/s1. The molecule has 13 heteroatoms. The maximum atomic E-state index is 14.8. The van der Waals surface area contributed by atoms with Gasteiger partial charge in [0.1, 0.15) is 23.9 Å². The van der Waals surface area contributed by atoms with E-state index < -0.39 is 83.4 Å². The molecule has 3 aliphatic heterocycles. The number of nitrogens with zero attached hydrogens (tertiary/aromatic N) is 2. The van der Waals surface area contributed by atoms with Gasteiger partial charge < -0.3 is 39.0 Å². The molecule has 3 saturated heterocycles. The lowest BCUT2D eigenvalue weighted by Crippen LogP contribution is -2.60. The van der Waals surface area contributed by atoms with Gasteiger partial charge in [-0.2, -0.15) is 0 Å². The van der Waals surface area contributed by atoms with Crippen molar-refractivity contribution in [2.45, 2.75) is 128 Å². The molecule has 3 fully saturated rings. The zero-order chi connectivity index (χ0) is 41.8. The minimum Gasteiger partial charge on any atom is -0.457 e. The van der Waals surface area contributed by atoms with Gasteiger partial charge in [0.2, 0.25) is 0 Å². The van der Waals surface area contributed by atoms with Gasteiger partial charge in [-0.15, -0.1) is 6.58 Å². The quantitative estimate of drug-likeness (QED) is 0.173. The highest BCUT2D eigenvalue weighted by molar-refractivity contribution is 6.00. The van der Waals surface area contributed by atoms with E-state index in [1.165, 1.54) is 6.08 Å². The lowest BCUT2D eigenvalue weighted by molar-refractivity contribution is -0.296. The van der Waals surface area contributed by atoms with E-state index in [4.69, 9.17) is 23.7 Å². The van der Waals surface area contributed by atoms with Gasteiger partial charge in [-0.25, -0.2) is 4.79 Å². The van der Waals surface area contributed by atoms with Gasteiger partial charge in [0, 0.05) is 35.4 Å². The number of carbonyl (C=O) groups is 4. The number of cyclic esters (lactones) is 1. The fourth-order valence-electron chi connectivity index (χ4n) is 9.01. The predicted octanol–water partition coefficient (Wildman–Crippen LogP) is 5.67. The largest absolute Gasteiger partial charge is 0.457 e. The number of alkyl carbamates (subject to hydrolysis) is 1. The van der Waals surface area contributed by atoms with Crippen LogP contribution in [0.5, 0.6) is 0 Å². The number of hydrogen-bond donors (Lipinski definition) is 2. The molecule has 1 aromatic carbocycles. The first-order valence-corrected chi connectivity index (χ1v) is 20.1. The Balaban J connectivity index is 1.59. The summed E-state index contributed by atoms with van der Waals surface area (Å²) >= 11 is 0. The Morgan fingerprint density at radius 1 is 1.07 bits per heavy atom. The van der Waals surface area contributed by atoms with E-state index in [2.05, 4.69) is 16.9 Å². The van der Waals surface area contributed by atoms with E-state index in [1.807, 2.05) is 68.4 Å². The Hall–Kier alpha value is -4.01. The molecule has 0 saturated carbocycles. The van der Waals surface area contributed by atoms with Crippen LogP contribution in [-0.2, 0) is 38.1 Å². The summed E-state index contributed by atoms with van der Waals surface area (Å²) in [6.07, 6.45) is 2.40. The molecule has 5 rings (SSSR count). The summed E-state index contributed by atoms with van der Waals surface area (Å²) in [5, 5.41) is 15.4. The van der Waals surface area contributed by atoms with Gasteiger partial charge in [0.15, 0.2) is 17.7 Å². The molecule has 57 heavy (non-hydrogen) atoms. The number of ketones is 2. The van der Waals surface area contributed by atoms with E-state index in [-0.39, 0.29) is 43.8 Å². The molecule has 0 spiro atoms. The summed E-state index contributed by atoms with van der Waals surface area (Å²) in [7, 11) is 3.74. The lowest BCUT2D eigenvalue weighted by Gasteiger charge is -2.47. The first-order valence-electron chi connectivity index (χ1n) is 20.1. The summed E-state index contributed by atoms with van der Waals surface area (Å²) in [6.45, 7) is 16.2. The van der Waals surface area contributed by atoms with Gasteiger partial charge in [-0.3, -0.25) is 19.4 Å². The second-order valence-electron chi connectivity index (χ2n) is 16.7. The molecule has 3 aliphatic rings. The number of benzene rings is 1. The first kappa shape index (κ1) is 44.1. The van der Waals surface area contributed by atoms with Gasteiger partial charge in [0.05, 0.1) is 36.0 Å². The molecule has 4 heterocycles. The maximum Gasteiger partial charge on any atom is 0.408 e. The van der Waals surface area contributed by atoms with E-state index in [0.717, 1.165) is 16.5 Å². The third kappa shape index (κ3) is 9.49. The highest BCUT2D eigenvalue weighted by Gasteiger charge is 2.57. The number of hydrogen-bond acceptors (Lipinski definition) is 12. The number of amides is 1. The Morgan fingerprint density at radius 3 is 2.47 bits per heavy atom. The number of allylic oxidation sites excluding steroid dienone is 1. The van der Waals surface area contributed by atoms with Crippen molar-refractivity contribution in [2.75, 3.05) is 20.7 Å². The van der Waals surface area contributed by atoms with E-state index in [0.29, 0.717) is 6.42 Å². The third-order valence-corrected chi connectivity index (χ3v) is 12.1. The van der Waals surface area contributed by atoms with Crippen LogP contribution < -0.4 is 5.32 Å². The van der Waals surface area contributed by atoms with Crippen molar-refractivity contribution in [3.8, 4) is 0 Å². The molecule has 1 amide bonds. The third-order valence-electron chi connectivity index (χ3n) is 12.1. The maximum absolute atomic E-state index is 14.8. The Bertz CT molecular complexity index is 1820. The molecule has 312 valence electrons. The molecular weight excluding hydrogens is 730 g/mol. The SMILES string of the molecule is C=CCC1C(=O)O[C@@H](CC)[C@@]2(C)OC(=O)N[C@@H]2[C@H](C)C(=O)[C@H](C)C[C@](C)(OC/C=C/c2cnc3ccccc3c2)[C@H](O[C@@H]2O[C@H](C)C[C@H](N(C)C)[C@H]2O)[C@@H](C)C1=O. The highest BCUT2D eigenvalue weighted by Crippen LogP contribution is 2.41. The number of rotatable bonds is 10. The van der Waals surface area contributed by atoms with Crippen LogP contribution in [0.25, 0.3) is 17.0 Å². The number of para-hydroxylation sites is 1. The van der Waals surface area contributed by atoms with Gasteiger partial charge >= 0.3 is 12.1 Å². The number of aliphatic hydroxyl groups is 1. The van der Waals surface area contributed by atoms with Gasteiger partial charge in [-0.05, 0) is 78.2 Å². The average molecular weight is 792 g/mol. The normalized spacial score (nSPS) is 37.1. The van der Waals surface area contributed by atoms with Crippen LogP contribution in [0.1, 0.15) is 79.7 Å². The van der Waals surface area contributed by atoms with Crippen LogP contribution in [0.15, 0.2) is 55.3 Å². The second kappa shape index (κ2) is 18.3. The first-order chi connectivity index (χ1) is 26.9. The fraction of sp³-hybridized carbons (Fsp3) is 0.614. The Kier molecular flexibility index (Phi) is 14.1. The van der Waals surface area contributed by atoms with Gasteiger partial charge in [0.25, 0.3) is 0 Å². The Labute approximate surface area is 336 Å². The topological polar surface area (TPSA) is 163 Å². The lowest BCUT2D eigenvalue weighted by atomic mass is 9.73. The number of Topliss-reactive ketones (excluding diaryl/α,β-unsaturated/α-hetero) is 2. The number of aliphatic hydroxyl groups excluding tert-OH is 1. The number of nitrogens with one attached hydrogen (secondary N) is 1. The minimum atomic E-state index is -1.41. The monoisotopic (exact) mass is 791 g/mol. The van der Waals surface area contributed by atoms with Crippen LogP contribution >= 0.6 is 0 Å². The van der Waals surface area contributed by atoms with Crippen LogP contribution in [0.3, 0.4) is 0 Å². The van der Waals surface area contributed by atoms with Crippen molar-refractivity contribution in [3.63, 3.8) is 0 Å². The van der Waals surface area contributed by atoms with Gasteiger partial charge in [-0.1, -0.05) is 64.1 Å². The number of carbonyl (C=O) groups excluding carboxylic acids is 4. The second-order valence-corrected chi connectivity index (χ2v) is 16.7. The van der Waals surface area contributed by atoms with Crippen LogP contribution in [0.4, 0.5) is 4.79 Å². The zero-order valence-corrected chi connectivity index (χ0v) is 34.8. The fourth-order valence-corrected chi connectivity index (χ4v) is 9.01. The van der Waals surface area contributed by atoms with E-state index >= 15 is 0 Å². The number of pyridine rings is 1. The summed E-state index contributed by atoms with van der Waals surface area (Å²) in [6, 6.07) is 8.66. The number of aromatic nitrogens is 1. The Morgan fingerprint density at radius 2 is 1.79 bits per heavy atom. The average Bonchev–Trinajstić information content (AvgIpc) is 3.49. The molecule has 0 bridgehead atoms. The molecule has 1 unspecified atom stereocenters. The van der Waals surface area contributed by atoms with E-state index in [1.54, 1.807) is 47.7 Å². The number of likely N-dealkylation sites (N-methyl/N-ethyl adjacent to an activating group) is 1. The summed E-state index contributed by atoms with van der Waals surface area (Å²) in [4.78, 5) is 62.7. The van der Waals surface area contributed by atoms with Crippen LogP contribution in [0, 0.1) is 23.7 Å². The summed E-state index contributed by atoms with van der Waals surface area (Å²) in [5.41, 5.74) is -1.07. The highest BCUT2D eigenvalue weighted by atomic mass is 16.7. The predicted molar refractivity (Wildman–Crippen MR) is 215 cm³/mol. The van der Waals surface area contributed by atoms with Crippen molar-refractivity contribution in [1.29, 1.82) is 0 Å². The smallest absolute Gasteiger partial charge is 0.408 e. The number of ether oxygens (including phenoxy) is 5. The molecule has 13 nitrogen and oxygen atoms in total. The van der Waals surface area contributed by atoms with Crippen molar-refractivity contribution in [3.05, 3.63) is 60.8 Å². The van der Waals surface area contributed by atoms with E-state index in [9.17, 15) is 24.3 Å².